The Labute approximate surface area is 156 Å². The number of rotatable bonds is 10. The van der Waals surface area contributed by atoms with Crippen molar-refractivity contribution >= 4 is 23.7 Å². The van der Waals surface area contributed by atoms with Crippen molar-refractivity contribution in [3.05, 3.63) is 18.2 Å². The minimum absolute atomic E-state index is 0.234. The smallest absolute Gasteiger partial charge is 0.326 e. The number of amides is 3. The van der Waals surface area contributed by atoms with Crippen LogP contribution in [0.3, 0.4) is 0 Å². The van der Waals surface area contributed by atoms with Gasteiger partial charge in [0.2, 0.25) is 17.7 Å². The number of carbonyl (C=O) groups is 4. The highest BCUT2D eigenvalue weighted by atomic mass is 16.4. The molecule has 0 radical (unpaired) electrons. The first-order chi connectivity index (χ1) is 12.6. The summed E-state index contributed by atoms with van der Waals surface area (Å²) >= 11 is 0. The fraction of sp³-hybridized carbons (Fsp3) is 0.562. The Kier molecular flexibility index (Phi) is 8.39. The summed E-state index contributed by atoms with van der Waals surface area (Å²) in [5.74, 6) is -3.23. The number of hydrogen-bond acceptors (Lipinski definition) is 6. The third-order valence-electron chi connectivity index (χ3n) is 3.76. The molecule has 0 aliphatic carbocycles. The molecule has 7 N–H and O–H groups in total. The zero-order valence-electron chi connectivity index (χ0n) is 15.5. The molecule has 0 aromatic carbocycles. The molecule has 3 atom stereocenters. The number of carbonyl (C=O) groups excluding carboxylic acids is 3. The molecule has 27 heavy (non-hydrogen) atoms. The number of hydrogen-bond donors (Lipinski definition) is 6. The molecule has 0 aliphatic rings. The highest BCUT2D eigenvalue weighted by Gasteiger charge is 2.26. The standard InChI is InChI=1S/C16H26N6O5/c1-8(2)13(16(26)27)22-14(24)9(3)21-12(23)6-19-15(25)11(17)4-10-5-18-7-20-10/h5,7-9,11,13H,4,6,17H2,1-3H3,(H,18,20)(H,19,25)(H,21,23)(H,22,24)(H,26,27). The maximum absolute atomic E-state index is 12.0. The first-order valence-corrected chi connectivity index (χ1v) is 8.44. The van der Waals surface area contributed by atoms with Crippen LogP contribution in [0.4, 0.5) is 0 Å². The highest BCUT2D eigenvalue weighted by molar-refractivity contribution is 5.92. The van der Waals surface area contributed by atoms with E-state index in [0.717, 1.165) is 0 Å². The summed E-state index contributed by atoms with van der Waals surface area (Å²) < 4.78 is 0. The summed E-state index contributed by atoms with van der Waals surface area (Å²) in [4.78, 5) is 53.5. The Hall–Kier alpha value is -2.95. The first kappa shape index (κ1) is 22.1. The molecule has 1 rings (SSSR count). The van der Waals surface area contributed by atoms with E-state index in [1.165, 1.54) is 13.3 Å². The molecule has 0 saturated carbocycles. The van der Waals surface area contributed by atoms with Crippen molar-refractivity contribution in [2.75, 3.05) is 6.54 Å². The molecule has 0 spiro atoms. The number of nitrogens with one attached hydrogen (secondary N) is 4. The zero-order valence-corrected chi connectivity index (χ0v) is 15.5. The lowest BCUT2D eigenvalue weighted by Gasteiger charge is -2.21. The monoisotopic (exact) mass is 382 g/mol. The van der Waals surface area contributed by atoms with E-state index in [-0.39, 0.29) is 18.9 Å². The number of H-pyrrole nitrogens is 1. The largest absolute Gasteiger partial charge is 0.480 e. The lowest BCUT2D eigenvalue weighted by atomic mass is 10.0. The van der Waals surface area contributed by atoms with Gasteiger partial charge in [-0.3, -0.25) is 14.4 Å². The van der Waals surface area contributed by atoms with E-state index in [2.05, 4.69) is 25.9 Å². The number of imidazole rings is 1. The second kappa shape index (κ2) is 10.3. The van der Waals surface area contributed by atoms with Crippen LogP contribution in [0, 0.1) is 5.92 Å². The van der Waals surface area contributed by atoms with Crippen LogP contribution in [0.15, 0.2) is 12.5 Å². The number of nitrogens with two attached hydrogens (primary N) is 1. The molecule has 11 heteroatoms. The molecule has 1 heterocycles. The summed E-state index contributed by atoms with van der Waals surface area (Å²) in [7, 11) is 0. The molecule has 1 aromatic heterocycles. The lowest BCUT2D eigenvalue weighted by Crippen LogP contribution is -2.53. The number of aromatic amines is 1. The van der Waals surface area contributed by atoms with Crippen LogP contribution in [0.5, 0.6) is 0 Å². The molecular weight excluding hydrogens is 356 g/mol. The molecule has 3 unspecified atom stereocenters. The van der Waals surface area contributed by atoms with E-state index in [1.54, 1.807) is 20.0 Å². The van der Waals surface area contributed by atoms with Gasteiger partial charge in [-0.2, -0.15) is 0 Å². The van der Waals surface area contributed by atoms with Crippen molar-refractivity contribution in [3.63, 3.8) is 0 Å². The van der Waals surface area contributed by atoms with Gasteiger partial charge in [0.1, 0.15) is 12.1 Å². The Morgan fingerprint density at radius 3 is 2.37 bits per heavy atom. The molecule has 1 aromatic rings. The van der Waals surface area contributed by atoms with E-state index in [9.17, 15) is 19.2 Å². The van der Waals surface area contributed by atoms with Gasteiger partial charge in [-0.25, -0.2) is 9.78 Å². The number of aliphatic carboxylic acids is 1. The highest BCUT2D eigenvalue weighted by Crippen LogP contribution is 2.02. The van der Waals surface area contributed by atoms with Crippen LogP contribution in [0.1, 0.15) is 26.5 Å². The molecule has 0 saturated heterocycles. The normalized spacial score (nSPS) is 14.1. The van der Waals surface area contributed by atoms with Gasteiger partial charge in [-0.15, -0.1) is 0 Å². The van der Waals surface area contributed by atoms with E-state index in [1.807, 2.05) is 0 Å². The van der Waals surface area contributed by atoms with Gasteiger partial charge in [0.15, 0.2) is 0 Å². The number of nitrogens with zero attached hydrogens (tertiary/aromatic N) is 1. The second-order valence-electron chi connectivity index (χ2n) is 6.46. The summed E-state index contributed by atoms with van der Waals surface area (Å²) in [6.45, 7) is 4.37. The minimum atomic E-state index is -1.16. The van der Waals surface area contributed by atoms with Crippen molar-refractivity contribution in [1.82, 2.24) is 25.9 Å². The Morgan fingerprint density at radius 2 is 1.85 bits per heavy atom. The van der Waals surface area contributed by atoms with Gasteiger partial charge in [-0.1, -0.05) is 13.8 Å². The lowest BCUT2D eigenvalue weighted by molar-refractivity contribution is -0.143. The third-order valence-corrected chi connectivity index (χ3v) is 3.76. The fourth-order valence-electron chi connectivity index (χ4n) is 2.17. The van der Waals surface area contributed by atoms with Gasteiger partial charge in [0, 0.05) is 18.3 Å². The molecular formula is C16H26N6O5. The zero-order chi connectivity index (χ0) is 20.6. The van der Waals surface area contributed by atoms with Gasteiger partial charge in [0.25, 0.3) is 0 Å². The van der Waals surface area contributed by atoms with Gasteiger partial charge >= 0.3 is 5.97 Å². The van der Waals surface area contributed by atoms with Crippen molar-refractivity contribution in [2.24, 2.45) is 11.7 Å². The molecule has 11 nitrogen and oxygen atoms in total. The number of aromatic nitrogens is 2. The predicted octanol–water partition coefficient (Wildman–Crippen LogP) is -1.87. The van der Waals surface area contributed by atoms with E-state index >= 15 is 0 Å². The average molecular weight is 382 g/mol. The average Bonchev–Trinajstić information content (AvgIpc) is 3.09. The molecule has 150 valence electrons. The van der Waals surface area contributed by atoms with Crippen LogP contribution in [-0.2, 0) is 25.6 Å². The topological polar surface area (TPSA) is 179 Å². The van der Waals surface area contributed by atoms with Crippen LogP contribution >= 0.6 is 0 Å². The summed E-state index contributed by atoms with van der Waals surface area (Å²) in [6, 6.07) is -2.88. The molecule has 3 amide bonds. The van der Waals surface area contributed by atoms with Gasteiger partial charge in [-0.05, 0) is 12.8 Å². The fourth-order valence-corrected chi connectivity index (χ4v) is 2.17. The van der Waals surface area contributed by atoms with Crippen molar-refractivity contribution in [1.29, 1.82) is 0 Å². The maximum atomic E-state index is 12.0. The van der Waals surface area contributed by atoms with Crippen molar-refractivity contribution in [3.8, 4) is 0 Å². The van der Waals surface area contributed by atoms with Crippen LogP contribution in [-0.4, -0.2) is 63.4 Å². The van der Waals surface area contributed by atoms with Crippen LogP contribution in [0.2, 0.25) is 0 Å². The van der Waals surface area contributed by atoms with Crippen molar-refractivity contribution in [2.45, 2.75) is 45.3 Å². The Bertz CT molecular complexity index is 660. The predicted molar refractivity (Wildman–Crippen MR) is 95.3 cm³/mol. The first-order valence-electron chi connectivity index (χ1n) is 8.44. The van der Waals surface area contributed by atoms with Gasteiger partial charge < -0.3 is 31.8 Å². The third kappa shape index (κ3) is 7.44. The number of carboxylic acids is 1. The Balaban J connectivity index is 2.40. The van der Waals surface area contributed by atoms with Gasteiger partial charge in [0.05, 0.1) is 18.9 Å². The number of carboxylic acid groups (broad SMARTS) is 1. The van der Waals surface area contributed by atoms with E-state index in [0.29, 0.717) is 5.69 Å². The quantitative estimate of drug-likeness (QED) is 0.274. The summed E-state index contributed by atoms with van der Waals surface area (Å²) in [6.07, 6.45) is 3.24. The van der Waals surface area contributed by atoms with Crippen molar-refractivity contribution < 1.29 is 24.3 Å². The minimum Gasteiger partial charge on any atom is -0.480 e. The van der Waals surface area contributed by atoms with E-state index < -0.39 is 41.8 Å². The van der Waals surface area contributed by atoms with E-state index in [4.69, 9.17) is 10.8 Å². The Morgan fingerprint density at radius 1 is 1.19 bits per heavy atom. The molecule has 0 bridgehead atoms. The summed E-state index contributed by atoms with van der Waals surface area (Å²) in [5.41, 5.74) is 6.43. The molecule has 0 aliphatic heterocycles. The van der Waals surface area contributed by atoms with Crippen LogP contribution < -0.4 is 21.7 Å². The summed E-state index contributed by atoms with van der Waals surface area (Å²) in [5, 5.41) is 16.2. The SMILES string of the molecule is CC(NC(=O)CNC(=O)C(N)Cc1cnc[nH]1)C(=O)NC(C(=O)O)C(C)C. The van der Waals surface area contributed by atoms with Crippen LogP contribution in [0.25, 0.3) is 0 Å². The molecule has 0 fully saturated rings. The second-order valence-corrected chi connectivity index (χ2v) is 6.46. The maximum Gasteiger partial charge on any atom is 0.326 e.